The lowest BCUT2D eigenvalue weighted by molar-refractivity contribution is -0.150. The van der Waals surface area contributed by atoms with Gasteiger partial charge < -0.3 is 25.0 Å². The molecule has 9 nitrogen and oxygen atoms in total. The number of carboxylic acids is 1. The van der Waals surface area contributed by atoms with Crippen molar-refractivity contribution in [2.24, 2.45) is 0 Å². The molecule has 2 rings (SSSR count). The number of carbonyl (C=O) groups is 1. The maximum Gasteiger partial charge on any atom is 0.423 e. The van der Waals surface area contributed by atoms with E-state index in [2.05, 4.69) is 10.4 Å². The minimum absolute atomic E-state index is 0.169. The number of carboxylic acid groups (broad SMARTS) is 1. The van der Waals surface area contributed by atoms with E-state index < -0.39 is 47.7 Å². The molecule has 0 amide bonds. The number of nitrogens with one attached hydrogen (secondary N) is 1. The number of halogens is 3. The third kappa shape index (κ3) is 6.69. The fourth-order valence-corrected chi connectivity index (χ4v) is 2.62. The molecule has 0 aliphatic rings. The largest absolute Gasteiger partial charge is 0.497 e. The molecule has 1 heterocycles. The number of aromatic nitrogens is 2. The maximum atomic E-state index is 13.6. The van der Waals surface area contributed by atoms with E-state index in [0.29, 0.717) is 16.0 Å². The van der Waals surface area contributed by atoms with Gasteiger partial charge in [-0.1, -0.05) is 12.1 Å². The summed E-state index contributed by atoms with van der Waals surface area (Å²) in [6.45, 7) is 0.555. The van der Waals surface area contributed by atoms with Gasteiger partial charge in [0.1, 0.15) is 11.3 Å². The van der Waals surface area contributed by atoms with Gasteiger partial charge in [0.05, 0.1) is 38.8 Å². The number of ether oxygens (including phenoxy) is 2. The van der Waals surface area contributed by atoms with Crippen molar-refractivity contribution in [3.63, 3.8) is 0 Å². The van der Waals surface area contributed by atoms with Gasteiger partial charge in [-0.25, -0.2) is 9.48 Å². The van der Waals surface area contributed by atoms with Crippen LogP contribution in [0.15, 0.2) is 35.3 Å². The van der Waals surface area contributed by atoms with Crippen LogP contribution in [0.3, 0.4) is 0 Å². The summed E-state index contributed by atoms with van der Waals surface area (Å²) >= 11 is 0. The van der Waals surface area contributed by atoms with Crippen molar-refractivity contribution >= 4 is 11.7 Å². The number of aliphatic hydroxyl groups excluding tert-OH is 1. The average molecular weight is 445 g/mol. The zero-order valence-electron chi connectivity index (χ0n) is 16.7. The first-order chi connectivity index (χ1) is 14.5. The van der Waals surface area contributed by atoms with Crippen molar-refractivity contribution in [2.75, 3.05) is 25.6 Å². The summed E-state index contributed by atoms with van der Waals surface area (Å²) in [6, 6.07) is 5.71. The van der Waals surface area contributed by atoms with Crippen molar-refractivity contribution < 1.29 is 37.7 Å². The summed E-state index contributed by atoms with van der Waals surface area (Å²) in [5, 5.41) is 24.0. The van der Waals surface area contributed by atoms with Gasteiger partial charge in [-0.05, 0) is 24.6 Å². The lowest BCUT2D eigenvalue weighted by Crippen LogP contribution is -2.34. The second kappa shape index (κ2) is 10.3. The number of anilines is 1. The van der Waals surface area contributed by atoms with Crippen LogP contribution in [0, 0.1) is 0 Å². The summed E-state index contributed by atoms with van der Waals surface area (Å²) in [5.41, 5.74) is -2.70. The van der Waals surface area contributed by atoms with Crippen LogP contribution in [-0.4, -0.2) is 58.4 Å². The quantitative estimate of drug-likeness (QED) is 0.504. The van der Waals surface area contributed by atoms with Gasteiger partial charge in [-0.3, -0.25) is 4.79 Å². The molecule has 0 saturated carbocycles. The maximum absolute atomic E-state index is 13.6. The van der Waals surface area contributed by atoms with E-state index in [1.165, 1.54) is 14.0 Å². The van der Waals surface area contributed by atoms with E-state index in [0.717, 1.165) is 6.20 Å². The van der Waals surface area contributed by atoms with Gasteiger partial charge >= 0.3 is 12.1 Å². The Bertz CT molecular complexity index is 946. The molecule has 1 aromatic heterocycles. The topological polar surface area (TPSA) is 123 Å². The standard InChI is InChI=1S/C19H22F3N3O6/c1-11(9-31-10-15(26)18(28)29)24-14-7-23-25(17(27)16(14)19(20,21)22)8-12-3-5-13(30-2)6-4-12/h3-7,11,15,24,26H,8-10H2,1-2H3,(H,28,29)/t11-,15+/m0/s1. The van der Waals surface area contributed by atoms with Gasteiger partial charge in [0.15, 0.2) is 6.10 Å². The summed E-state index contributed by atoms with van der Waals surface area (Å²) in [4.78, 5) is 23.0. The Morgan fingerprint density at radius 2 is 1.90 bits per heavy atom. The lowest BCUT2D eigenvalue weighted by Gasteiger charge is -2.20. The molecule has 170 valence electrons. The first-order valence-corrected chi connectivity index (χ1v) is 9.08. The van der Waals surface area contributed by atoms with Crippen LogP contribution in [0.25, 0.3) is 0 Å². The Balaban J connectivity index is 2.19. The normalized spacial score (nSPS) is 13.5. The molecule has 0 spiro atoms. The van der Waals surface area contributed by atoms with Crippen LogP contribution in [0.5, 0.6) is 5.75 Å². The van der Waals surface area contributed by atoms with Gasteiger partial charge in [0.2, 0.25) is 0 Å². The van der Waals surface area contributed by atoms with Crippen molar-refractivity contribution in [3.05, 3.63) is 51.9 Å². The molecule has 0 radical (unpaired) electrons. The van der Waals surface area contributed by atoms with Crippen molar-refractivity contribution in [3.8, 4) is 5.75 Å². The van der Waals surface area contributed by atoms with Crippen molar-refractivity contribution in [2.45, 2.75) is 31.8 Å². The molecular weight excluding hydrogens is 423 g/mol. The zero-order chi connectivity index (χ0) is 23.2. The van der Waals surface area contributed by atoms with Crippen LogP contribution < -0.4 is 15.6 Å². The van der Waals surface area contributed by atoms with Gasteiger partial charge in [0.25, 0.3) is 5.56 Å². The first kappa shape index (κ1) is 24.2. The number of benzene rings is 1. The highest BCUT2D eigenvalue weighted by atomic mass is 19.4. The molecule has 3 N–H and O–H groups in total. The Hall–Kier alpha value is -3.12. The number of aliphatic hydroxyl groups is 1. The fourth-order valence-electron chi connectivity index (χ4n) is 2.62. The molecule has 0 saturated heterocycles. The van der Waals surface area contributed by atoms with Crippen molar-refractivity contribution in [1.82, 2.24) is 9.78 Å². The molecule has 12 heteroatoms. The molecule has 0 fully saturated rings. The first-order valence-electron chi connectivity index (χ1n) is 9.08. The Labute approximate surface area is 175 Å². The number of hydrogen-bond donors (Lipinski definition) is 3. The Morgan fingerprint density at radius 3 is 2.45 bits per heavy atom. The van der Waals surface area contributed by atoms with Crippen LogP contribution >= 0.6 is 0 Å². The molecule has 0 aliphatic heterocycles. The highest BCUT2D eigenvalue weighted by molar-refractivity contribution is 5.71. The summed E-state index contributed by atoms with van der Waals surface area (Å²) in [6.07, 6.45) is -5.79. The fraction of sp³-hybridized carbons (Fsp3) is 0.421. The monoisotopic (exact) mass is 445 g/mol. The minimum Gasteiger partial charge on any atom is -0.497 e. The predicted octanol–water partition coefficient (Wildman–Crippen LogP) is 1.58. The molecule has 1 aromatic carbocycles. The Kier molecular flexibility index (Phi) is 8.00. The summed E-state index contributed by atoms with van der Waals surface area (Å²) < 4.78 is 51.5. The summed E-state index contributed by atoms with van der Waals surface area (Å²) in [5.74, 6) is -0.920. The second-order valence-corrected chi connectivity index (χ2v) is 6.68. The minimum atomic E-state index is -4.94. The lowest BCUT2D eigenvalue weighted by atomic mass is 10.2. The highest BCUT2D eigenvalue weighted by Crippen LogP contribution is 2.32. The number of nitrogens with zero attached hydrogens (tertiary/aromatic N) is 2. The molecule has 2 atom stereocenters. The van der Waals surface area contributed by atoms with Crippen LogP contribution in [0.1, 0.15) is 18.1 Å². The SMILES string of the molecule is COc1ccc(Cn2ncc(N[C@@H](C)COC[C@@H](O)C(=O)O)c(C(F)(F)F)c2=O)cc1. The summed E-state index contributed by atoms with van der Waals surface area (Å²) in [7, 11) is 1.47. The number of methoxy groups -OCH3 is 1. The molecule has 0 unspecified atom stereocenters. The van der Waals surface area contributed by atoms with Gasteiger partial charge in [0, 0.05) is 6.04 Å². The van der Waals surface area contributed by atoms with E-state index in [1.807, 2.05) is 0 Å². The predicted molar refractivity (Wildman–Crippen MR) is 103 cm³/mol. The van der Waals surface area contributed by atoms with Crippen LogP contribution in [0.2, 0.25) is 0 Å². The third-order valence-electron chi connectivity index (χ3n) is 4.15. The molecule has 31 heavy (non-hydrogen) atoms. The Morgan fingerprint density at radius 1 is 1.26 bits per heavy atom. The average Bonchev–Trinajstić information content (AvgIpc) is 2.69. The molecular formula is C19H22F3N3O6. The highest BCUT2D eigenvalue weighted by Gasteiger charge is 2.38. The number of aliphatic carboxylic acids is 1. The molecule has 0 bridgehead atoms. The van der Waals surface area contributed by atoms with E-state index in [-0.39, 0.29) is 13.2 Å². The van der Waals surface area contributed by atoms with E-state index in [9.17, 15) is 22.8 Å². The second-order valence-electron chi connectivity index (χ2n) is 6.68. The van der Waals surface area contributed by atoms with E-state index in [1.54, 1.807) is 24.3 Å². The molecule has 0 aliphatic carbocycles. The van der Waals surface area contributed by atoms with Gasteiger partial charge in [-0.2, -0.15) is 18.3 Å². The smallest absolute Gasteiger partial charge is 0.423 e. The van der Waals surface area contributed by atoms with Gasteiger partial charge in [-0.15, -0.1) is 0 Å². The van der Waals surface area contributed by atoms with E-state index >= 15 is 0 Å². The van der Waals surface area contributed by atoms with Crippen LogP contribution in [0.4, 0.5) is 18.9 Å². The number of alkyl halides is 3. The third-order valence-corrected chi connectivity index (χ3v) is 4.15. The zero-order valence-corrected chi connectivity index (χ0v) is 16.7. The molecule has 2 aromatic rings. The number of hydrogen-bond acceptors (Lipinski definition) is 7. The number of rotatable bonds is 10. The van der Waals surface area contributed by atoms with Crippen molar-refractivity contribution in [1.29, 1.82) is 0 Å². The van der Waals surface area contributed by atoms with E-state index in [4.69, 9.17) is 19.7 Å². The van der Waals surface area contributed by atoms with Crippen LogP contribution in [-0.2, 0) is 22.3 Å².